The second-order valence-corrected chi connectivity index (χ2v) is 3.16. The lowest BCUT2D eigenvalue weighted by Gasteiger charge is -2.13. The zero-order valence-electron chi connectivity index (χ0n) is 7.40. The fourth-order valence-corrected chi connectivity index (χ4v) is 1.57. The molecule has 0 saturated carbocycles. The number of rotatable bonds is 0. The topological polar surface area (TPSA) is 34.2 Å². The second-order valence-electron chi connectivity index (χ2n) is 3.16. The van der Waals surface area contributed by atoms with Crippen LogP contribution in [0.15, 0.2) is 36.7 Å². The molecule has 0 unspecified atom stereocenters. The Morgan fingerprint density at radius 2 is 2.29 bits per heavy atom. The molecular weight excluding hydrogens is 176 g/mol. The van der Waals surface area contributed by atoms with E-state index in [4.69, 9.17) is 4.84 Å². The first kappa shape index (κ1) is 7.38. The van der Waals surface area contributed by atoms with Gasteiger partial charge >= 0.3 is 0 Å². The zero-order chi connectivity index (χ0) is 9.38. The van der Waals surface area contributed by atoms with Gasteiger partial charge in [0.05, 0.1) is 11.2 Å². The quantitative estimate of drug-likeness (QED) is 0.683. The molecule has 1 aliphatic rings. The van der Waals surface area contributed by atoms with Crippen LogP contribution >= 0.6 is 0 Å². The van der Waals surface area contributed by atoms with Crippen LogP contribution in [0.1, 0.15) is 5.56 Å². The van der Waals surface area contributed by atoms with Crippen LogP contribution in [0.2, 0.25) is 0 Å². The van der Waals surface area contributed by atoms with E-state index in [9.17, 15) is 0 Å². The van der Waals surface area contributed by atoms with Gasteiger partial charge in [-0.3, -0.25) is 4.98 Å². The van der Waals surface area contributed by atoms with Gasteiger partial charge in [-0.25, -0.2) is 5.48 Å². The lowest BCUT2D eigenvalue weighted by molar-refractivity contribution is 0.329. The van der Waals surface area contributed by atoms with Gasteiger partial charge in [0.25, 0.3) is 0 Å². The Morgan fingerprint density at radius 1 is 1.29 bits per heavy atom. The monoisotopic (exact) mass is 184 g/mol. The molecule has 0 saturated heterocycles. The fraction of sp³-hybridized carbons (Fsp3) is 0. The van der Waals surface area contributed by atoms with E-state index in [0.29, 0.717) is 0 Å². The van der Waals surface area contributed by atoms with Crippen molar-refractivity contribution in [3.8, 4) is 0 Å². The summed E-state index contributed by atoms with van der Waals surface area (Å²) in [6, 6.07) is 8.02. The third kappa shape index (κ3) is 1.03. The molecule has 2 aromatic rings. The number of hydrogen-bond acceptors (Lipinski definition) is 3. The van der Waals surface area contributed by atoms with Crippen molar-refractivity contribution < 1.29 is 4.84 Å². The van der Waals surface area contributed by atoms with Gasteiger partial charge < -0.3 is 4.84 Å². The van der Waals surface area contributed by atoms with Crippen molar-refractivity contribution in [2.24, 2.45) is 0 Å². The predicted octanol–water partition coefficient (Wildman–Crippen LogP) is 2.56. The highest BCUT2D eigenvalue weighted by atomic mass is 16.6. The minimum atomic E-state index is 0.980. The molecule has 3 nitrogen and oxygen atoms in total. The molecule has 2 heterocycles. The van der Waals surface area contributed by atoms with Crippen molar-refractivity contribution in [3.63, 3.8) is 0 Å². The van der Waals surface area contributed by atoms with Crippen molar-refractivity contribution in [2.75, 3.05) is 5.48 Å². The Kier molecular flexibility index (Phi) is 1.44. The minimum absolute atomic E-state index is 0.980. The smallest absolute Gasteiger partial charge is 0.119 e. The Morgan fingerprint density at radius 3 is 3.29 bits per heavy atom. The Bertz CT molecular complexity index is 520. The van der Waals surface area contributed by atoms with Gasteiger partial charge in [0.15, 0.2) is 0 Å². The minimum Gasteiger partial charge on any atom is -0.390 e. The average molecular weight is 184 g/mol. The van der Waals surface area contributed by atoms with E-state index in [1.165, 1.54) is 0 Å². The Balaban J connectivity index is 2.34. The molecule has 0 aliphatic carbocycles. The predicted molar refractivity (Wildman–Crippen MR) is 55.5 cm³/mol. The number of nitrogens with zero attached hydrogens (tertiary/aromatic N) is 1. The van der Waals surface area contributed by atoms with Crippen molar-refractivity contribution in [2.45, 2.75) is 0 Å². The van der Waals surface area contributed by atoms with Crippen LogP contribution in [0.4, 0.5) is 5.69 Å². The van der Waals surface area contributed by atoms with Gasteiger partial charge in [0.1, 0.15) is 6.26 Å². The van der Waals surface area contributed by atoms with Gasteiger partial charge in [-0.05, 0) is 24.3 Å². The molecule has 1 aromatic carbocycles. The first-order chi connectivity index (χ1) is 6.93. The second kappa shape index (κ2) is 2.73. The highest BCUT2D eigenvalue weighted by molar-refractivity contribution is 5.87. The number of hydrogen-bond donors (Lipinski definition) is 1. The third-order valence-corrected chi connectivity index (χ3v) is 2.26. The lowest BCUT2D eigenvalue weighted by Crippen LogP contribution is -2.01. The van der Waals surface area contributed by atoms with Gasteiger partial charge in [-0.2, -0.15) is 0 Å². The number of aromatic nitrogens is 1. The summed E-state index contributed by atoms with van der Waals surface area (Å²) in [5.41, 5.74) is 5.92. The third-order valence-electron chi connectivity index (χ3n) is 2.26. The van der Waals surface area contributed by atoms with Crippen molar-refractivity contribution in [3.05, 3.63) is 42.3 Å². The summed E-state index contributed by atoms with van der Waals surface area (Å²) < 4.78 is 0. The number of benzene rings is 1. The van der Waals surface area contributed by atoms with Gasteiger partial charge in [-0.1, -0.05) is 6.07 Å². The largest absolute Gasteiger partial charge is 0.390 e. The molecule has 0 bridgehead atoms. The lowest BCUT2D eigenvalue weighted by atomic mass is 10.1. The van der Waals surface area contributed by atoms with Crippen LogP contribution in [0.3, 0.4) is 0 Å². The Hall–Kier alpha value is -2.03. The van der Waals surface area contributed by atoms with Crippen LogP contribution in [-0.2, 0) is 4.84 Å². The van der Waals surface area contributed by atoms with E-state index in [-0.39, 0.29) is 0 Å². The zero-order valence-corrected chi connectivity index (χ0v) is 7.40. The summed E-state index contributed by atoms with van der Waals surface area (Å²) in [5.74, 6) is 0. The number of pyridine rings is 1. The van der Waals surface area contributed by atoms with E-state index in [1.807, 2.05) is 30.3 Å². The number of fused-ring (bicyclic) bond motifs is 2. The molecule has 0 radical (unpaired) electrons. The number of nitrogens with one attached hydrogen (secondary N) is 1. The summed E-state index contributed by atoms with van der Waals surface area (Å²) in [6.07, 6.45) is 5.34. The summed E-state index contributed by atoms with van der Waals surface area (Å²) in [4.78, 5) is 9.28. The van der Waals surface area contributed by atoms with Crippen LogP contribution < -0.4 is 5.48 Å². The van der Waals surface area contributed by atoms with Gasteiger partial charge in [-0.15, -0.1) is 0 Å². The molecule has 0 atom stereocenters. The average Bonchev–Trinajstić information content (AvgIpc) is 2.26. The van der Waals surface area contributed by atoms with Crippen molar-refractivity contribution >= 4 is 22.7 Å². The summed E-state index contributed by atoms with van der Waals surface area (Å²) >= 11 is 0. The van der Waals surface area contributed by atoms with Crippen LogP contribution in [0, 0.1) is 0 Å². The molecule has 14 heavy (non-hydrogen) atoms. The maximum atomic E-state index is 4.99. The highest BCUT2D eigenvalue weighted by Crippen LogP contribution is 2.26. The normalized spacial score (nSPS) is 13.1. The van der Waals surface area contributed by atoms with Gasteiger partial charge in [0.2, 0.25) is 0 Å². The van der Waals surface area contributed by atoms with Crippen LogP contribution in [0.5, 0.6) is 0 Å². The maximum absolute atomic E-state index is 4.99. The highest BCUT2D eigenvalue weighted by Gasteiger charge is 2.06. The van der Waals surface area contributed by atoms with E-state index in [2.05, 4.69) is 10.5 Å². The van der Waals surface area contributed by atoms with Crippen LogP contribution in [0.25, 0.3) is 17.0 Å². The van der Waals surface area contributed by atoms with Crippen LogP contribution in [-0.4, -0.2) is 4.98 Å². The first-order valence-electron chi connectivity index (χ1n) is 4.40. The molecule has 0 amide bonds. The first-order valence-corrected chi connectivity index (χ1v) is 4.40. The SMILES string of the molecule is C1=Cc2cc3ncccc3cc2NO1. The van der Waals surface area contributed by atoms with Gasteiger partial charge in [0, 0.05) is 17.1 Å². The fourth-order valence-electron chi connectivity index (χ4n) is 1.57. The standard InChI is InChI=1S/C11H8N2O/c1-2-8-7-11-9(3-5-14-13-11)6-10(8)12-4-1/h1-7,13H. The van der Waals surface area contributed by atoms with E-state index in [1.54, 1.807) is 12.5 Å². The maximum Gasteiger partial charge on any atom is 0.119 e. The van der Waals surface area contributed by atoms with E-state index >= 15 is 0 Å². The molecular formula is C11H8N2O. The summed E-state index contributed by atoms with van der Waals surface area (Å²) in [6.45, 7) is 0. The van der Waals surface area contributed by atoms with E-state index in [0.717, 1.165) is 22.2 Å². The molecule has 0 fully saturated rings. The molecule has 1 aromatic heterocycles. The van der Waals surface area contributed by atoms with Crippen molar-refractivity contribution in [1.29, 1.82) is 0 Å². The molecule has 0 spiro atoms. The molecule has 68 valence electrons. The molecule has 1 aliphatic heterocycles. The summed E-state index contributed by atoms with van der Waals surface area (Å²) in [5, 5.41) is 1.11. The molecule has 3 rings (SSSR count). The van der Waals surface area contributed by atoms with E-state index < -0.39 is 0 Å². The number of anilines is 1. The molecule has 3 heteroatoms. The van der Waals surface area contributed by atoms with Crippen molar-refractivity contribution in [1.82, 2.24) is 4.98 Å². The Labute approximate surface area is 81.0 Å². The summed E-state index contributed by atoms with van der Waals surface area (Å²) in [7, 11) is 0. The molecule has 1 N–H and O–H groups in total.